The van der Waals surface area contributed by atoms with Gasteiger partial charge in [-0.1, -0.05) is 12.1 Å². The van der Waals surface area contributed by atoms with Crippen molar-refractivity contribution in [1.82, 2.24) is 9.88 Å². The Bertz CT molecular complexity index is 756. The summed E-state index contributed by atoms with van der Waals surface area (Å²) in [4.78, 5) is 18.8. The summed E-state index contributed by atoms with van der Waals surface area (Å²) in [6.45, 7) is 4.34. The van der Waals surface area contributed by atoms with E-state index in [2.05, 4.69) is 4.98 Å². The number of ether oxygens (including phenoxy) is 1. The SMILES string of the molecule is COc1ccc([C@](C)(O)[C@@H]2CCCN2C(=O)c2cncc(C)c2)cc1. The van der Waals surface area contributed by atoms with Crippen molar-refractivity contribution in [1.29, 1.82) is 0 Å². The molecule has 0 bridgehead atoms. The molecule has 1 saturated heterocycles. The average Bonchev–Trinajstić information content (AvgIpc) is 3.11. The minimum atomic E-state index is -1.13. The molecule has 1 aliphatic rings. The minimum absolute atomic E-state index is 0.0764. The molecule has 2 aromatic rings. The van der Waals surface area contributed by atoms with Gasteiger partial charge in [-0.05, 0) is 56.0 Å². The molecule has 3 rings (SSSR count). The van der Waals surface area contributed by atoms with E-state index < -0.39 is 5.60 Å². The second-order valence-corrected chi connectivity index (χ2v) is 6.78. The summed E-state index contributed by atoms with van der Waals surface area (Å²) in [5, 5.41) is 11.2. The van der Waals surface area contributed by atoms with Crippen LogP contribution in [0.5, 0.6) is 5.75 Å². The number of hydrogen-bond acceptors (Lipinski definition) is 4. The Balaban J connectivity index is 1.87. The molecule has 1 amide bonds. The topological polar surface area (TPSA) is 62.7 Å². The van der Waals surface area contributed by atoms with E-state index in [1.54, 1.807) is 31.3 Å². The molecule has 5 nitrogen and oxygen atoms in total. The molecule has 1 fully saturated rings. The molecule has 25 heavy (non-hydrogen) atoms. The third-order valence-electron chi connectivity index (χ3n) is 4.96. The van der Waals surface area contributed by atoms with Gasteiger partial charge in [0.05, 0.1) is 18.7 Å². The number of aryl methyl sites for hydroxylation is 1. The van der Waals surface area contributed by atoms with Crippen LogP contribution < -0.4 is 4.74 Å². The van der Waals surface area contributed by atoms with E-state index in [4.69, 9.17) is 4.74 Å². The number of amides is 1. The van der Waals surface area contributed by atoms with Crippen LogP contribution in [-0.4, -0.2) is 40.6 Å². The van der Waals surface area contributed by atoms with Crippen LogP contribution in [0.25, 0.3) is 0 Å². The van der Waals surface area contributed by atoms with Crippen molar-refractivity contribution in [3.63, 3.8) is 0 Å². The normalized spacial score (nSPS) is 19.5. The van der Waals surface area contributed by atoms with Gasteiger partial charge in [-0.25, -0.2) is 0 Å². The number of aliphatic hydroxyl groups is 1. The minimum Gasteiger partial charge on any atom is -0.497 e. The van der Waals surface area contributed by atoms with E-state index in [0.717, 1.165) is 29.7 Å². The van der Waals surface area contributed by atoms with E-state index in [-0.39, 0.29) is 11.9 Å². The zero-order valence-corrected chi connectivity index (χ0v) is 14.9. The van der Waals surface area contributed by atoms with Gasteiger partial charge in [0.15, 0.2) is 0 Å². The van der Waals surface area contributed by atoms with Gasteiger partial charge in [0.1, 0.15) is 11.4 Å². The first-order valence-electron chi connectivity index (χ1n) is 8.53. The molecular formula is C20H24N2O3. The standard InChI is InChI=1S/C20H24N2O3/c1-14-11-15(13-21-12-14)19(23)22-10-4-5-18(22)20(2,24)16-6-8-17(25-3)9-7-16/h6-9,11-13,18,24H,4-5,10H2,1-3H3/t18-,20-/m0/s1. The highest BCUT2D eigenvalue weighted by atomic mass is 16.5. The highest BCUT2D eigenvalue weighted by Crippen LogP contribution is 2.36. The lowest BCUT2D eigenvalue weighted by atomic mass is 9.86. The average molecular weight is 340 g/mol. The summed E-state index contributed by atoms with van der Waals surface area (Å²) < 4.78 is 5.18. The first kappa shape index (κ1) is 17.4. The molecule has 0 saturated carbocycles. The van der Waals surface area contributed by atoms with Crippen molar-refractivity contribution in [2.75, 3.05) is 13.7 Å². The van der Waals surface area contributed by atoms with Gasteiger partial charge in [0.25, 0.3) is 5.91 Å². The quantitative estimate of drug-likeness (QED) is 0.929. The van der Waals surface area contributed by atoms with Gasteiger partial charge in [0.2, 0.25) is 0 Å². The van der Waals surface area contributed by atoms with Crippen LogP contribution in [0, 0.1) is 6.92 Å². The maximum Gasteiger partial charge on any atom is 0.255 e. The van der Waals surface area contributed by atoms with Crippen LogP contribution in [-0.2, 0) is 5.60 Å². The van der Waals surface area contributed by atoms with Crippen molar-refractivity contribution >= 4 is 5.91 Å². The lowest BCUT2D eigenvalue weighted by Gasteiger charge is -2.37. The predicted octanol–water partition coefficient (Wildman–Crippen LogP) is 2.91. The number of methoxy groups -OCH3 is 1. The Kier molecular flexibility index (Phi) is 4.77. The number of aromatic nitrogens is 1. The summed E-state index contributed by atoms with van der Waals surface area (Å²) >= 11 is 0. The van der Waals surface area contributed by atoms with Gasteiger partial charge in [0, 0.05) is 18.9 Å². The van der Waals surface area contributed by atoms with E-state index in [1.807, 2.05) is 37.3 Å². The Morgan fingerprint density at radius 1 is 1.32 bits per heavy atom. The summed E-state index contributed by atoms with van der Waals surface area (Å²) in [5.74, 6) is 0.664. The second kappa shape index (κ2) is 6.84. The number of rotatable bonds is 4. The van der Waals surface area contributed by atoms with Crippen LogP contribution in [0.15, 0.2) is 42.7 Å². The number of benzene rings is 1. The molecule has 5 heteroatoms. The zero-order chi connectivity index (χ0) is 18.0. The second-order valence-electron chi connectivity index (χ2n) is 6.78. The first-order valence-corrected chi connectivity index (χ1v) is 8.53. The van der Waals surface area contributed by atoms with Crippen LogP contribution in [0.3, 0.4) is 0 Å². The van der Waals surface area contributed by atoms with Crippen molar-refractivity contribution in [3.05, 3.63) is 59.4 Å². The Hall–Kier alpha value is -2.40. The van der Waals surface area contributed by atoms with Crippen molar-refractivity contribution in [3.8, 4) is 5.75 Å². The molecule has 132 valence electrons. The van der Waals surface area contributed by atoms with E-state index in [1.165, 1.54) is 0 Å². The fourth-order valence-corrected chi connectivity index (χ4v) is 3.55. The highest BCUT2D eigenvalue weighted by molar-refractivity contribution is 5.94. The van der Waals surface area contributed by atoms with E-state index in [0.29, 0.717) is 12.1 Å². The number of hydrogen-bond donors (Lipinski definition) is 1. The molecule has 0 aliphatic carbocycles. The number of nitrogens with zero attached hydrogens (tertiary/aromatic N) is 2. The van der Waals surface area contributed by atoms with Crippen molar-refractivity contribution in [2.24, 2.45) is 0 Å². The number of carbonyl (C=O) groups excluding carboxylic acids is 1. The zero-order valence-electron chi connectivity index (χ0n) is 14.9. The summed E-state index contributed by atoms with van der Waals surface area (Å²) in [7, 11) is 1.61. The predicted molar refractivity (Wildman–Crippen MR) is 95.6 cm³/mol. The number of likely N-dealkylation sites (tertiary alicyclic amines) is 1. The van der Waals surface area contributed by atoms with Gasteiger partial charge in [-0.15, -0.1) is 0 Å². The van der Waals surface area contributed by atoms with Crippen LogP contribution in [0.1, 0.15) is 41.3 Å². The molecular weight excluding hydrogens is 316 g/mol. The van der Waals surface area contributed by atoms with Gasteiger partial charge in [-0.3, -0.25) is 9.78 Å². The molecule has 0 spiro atoms. The maximum absolute atomic E-state index is 12.9. The fraction of sp³-hybridized carbons (Fsp3) is 0.400. The fourth-order valence-electron chi connectivity index (χ4n) is 3.55. The summed E-state index contributed by atoms with van der Waals surface area (Å²) in [6.07, 6.45) is 4.96. The van der Waals surface area contributed by atoms with E-state index >= 15 is 0 Å². The molecule has 1 aromatic carbocycles. The molecule has 0 unspecified atom stereocenters. The maximum atomic E-state index is 12.9. The molecule has 2 atom stereocenters. The number of pyridine rings is 1. The highest BCUT2D eigenvalue weighted by Gasteiger charge is 2.42. The van der Waals surface area contributed by atoms with Gasteiger partial charge < -0.3 is 14.7 Å². The Morgan fingerprint density at radius 2 is 2.04 bits per heavy atom. The molecule has 1 aliphatic heterocycles. The first-order chi connectivity index (χ1) is 11.9. The third-order valence-corrected chi connectivity index (χ3v) is 4.96. The Morgan fingerprint density at radius 3 is 2.68 bits per heavy atom. The lowest BCUT2D eigenvalue weighted by molar-refractivity contribution is -0.0177. The van der Waals surface area contributed by atoms with Crippen LogP contribution in [0.4, 0.5) is 0 Å². The molecule has 0 radical (unpaired) electrons. The number of carbonyl (C=O) groups is 1. The smallest absolute Gasteiger partial charge is 0.255 e. The third kappa shape index (κ3) is 3.37. The monoisotopic (exact) mass is 340 g/mol. The summed E-state index contributed by atoms with van der Waals surface area (Å²) in [5.41, 5.74) is 1.16. The molecule has 2 heterocycles. The largest absolute Gasteiger partial charge is 0.497 e. The van der Waals surface area contributed by atoms with E-state index in [9.17, 15) is 9.90 Å². The van der Waals surface area contributed by atoms with Crippen LogP contribution >= 0.6 is 0 Å². The lowest BCUT2D eigenvalue weighted by Crippen LogP contribution is -2.48. The van der Waals surface area contributed by atoms with Crippen molar-refractivity contribution in [2.45, 2.75) is 38.3 Å². The Labute approximate surface area is 148 Å². The van der Waals surface area contributed by atoms with Crippen LogP contribution in [0.2, 0.25) is 0 Å². The molecule has 1 N–H and O–H groups in total. The van der Waals surface area contributed by atoms with Gasteiger partial charge in [-0.2, -0.15) is 0 Å². The molecule has 1 aromatic heterocycles. The van der Waals surface area contributed by atoms with Crippen molar-refractivity contribution < 1.29 is 14.6 Å². The summed E-state index contributed by atoms with van der Waals surface area (Å²) in [6, 6.07) is 8.94. The van der Waals surface area contributed by atoms with Gasteiger partial charge >= 0.3 is 0 Å².